The van der Waals surface area contributed by atoms with Gasteiger partial charge in [0.15, 0.2) is 11.2 Å². The van der Waals surface area contributed by atoms with Crippen LogP contribution in [0.1, 0.15) is 19.4 Å². The van der Waals surface area contributed by atoms with Gasteiger partial charge in [-0.1, -0.05) is 48.5 Å². The molecule has 0 bridgehead atoms. The van der Waals surface area contributed by atoms with Gasteiger partial charge in [-0.05, 0) is 31.6 Å². The maximum atomic E-state index is 12.9. The molecule has 1 aliphatic rings. The Morgan fingerprint density at radius 3 is 2.47 bits per heavy atom. The fraction of sp³-hybridized carbons (Fsp3) is 0.364. The summed E-state index contributed by atoms with van der Waals surface area (Å²) in [5, 5.41) is 11.3. The predicted molar refractivity (Wildman–Crippen MR) is 117 cm³/mol. The molecule has 0 aliphatic carbocycles. The monoisotopic (exact) mass is 462 g/mol. The van der Waals surface area contributed by atoms with Crippen LogP contribution in [-0.2, 0) is 30.8 Å². The van der Waals surface area contributed by atoms with Gasteiger partial charge in [0.2, 0.25) is 10.0 Å². The molecule has 2 aromatic carbocycles. The number of nitro benzene ring substituents is 1. The third-order valence-corrected chi connectivity index (χ3v) is 6.13. The Labute approximate surface area is 187 Å². The quantitative estimate of drug-likeness (QED) is 0.327. The largest absolute Gasteiger partial charge is 0.374 e. The predicted octanol–water partition coefficient (Wildman–Crippen LogP) is 3.16. The van der Waals surface area contributed by atoms with Gasteiger partial charge in [0, 0.05) is 6.07 Å². The standard InChI is InChI=1S/C22H26N2O7S/c1-16(2)30-22-13-12-18(20(31-22)15-29-14-17-8-4-3-5-9-17)23-32(27,28)21-11-7-6-10-19(21)24(25)26/h3-13,16,18,20,22-23H,14-15H2,1-2H3/t18-,20+,22-/m0/s1. The molecule has 0 radical (unpaired) electrons. The van der Waals surface area contributed by atoms with E-state index < -0.39 is 44.0 Å². The molecule has 0 fully saturated rings. The molecule has 9 nitrogen and oxygen atoms in total. The topological polar surface area (TPSA) is 117 Å². The van der Waals surface area contributed by atoms with Gasteiger partial charge in [0.05, 0.1) is 30.3 Å². The lowest BCUT2D eigenvalue weighted by Crippen LogP contribution is -2.49. The summed E-state index contributed by atoms with van der Waals surface area (Å²) < 4.78 is 45.7. The second kappa shape index (κ2) is 10.8. The zero-order chi connectivity index (χ0) is 23.1. The van der Waals surface area contributed by atoms with Gasteiger partial charge >= 0.3 is 0 Å². The highest BCUT2D eigenvalue weighted by Gasteiger charge is 2.34. The summed E-state index contributed by atoms with van der Waals surface area (Å²) in [4.78, 5) is 10.1. The van der Waals surface area contributed by atoms with E-state index in [1.165, 1.54) is 18.2 Å². The number of ether oxygens (including phenoxy) is 3. The van der Waals surface area contributed by atoms with Crippen LogP contribution < -0.4 is 4.72 Å². The number of sulfonamides is 1. The summed E-state index contributed by atoms with van der Waals surface area (Å²) in [7, 11) is -4.21. The first kappa shape index (κ1) is 24.0. The zero-order valence-electron chi connectivity index (χ0n) is 17.8. The highest BCUT2D eigenvalue weighted by molar-refractivity contribution is 7.89. The summed E-state index contributed by atoms with van der Waals surface area (Å²) >= 11 is 0. The van der Waals surface area contributed by atoms with Gasteiger partial charge in [-0.2, -0.15) is 0 Å². The normalized spacial score (nSPS) is 21.0. The van der Waals surface area contributed by atoms with Crippen LogP contribution in [0.3, 0.4) is 0 Å². The first-order valence-electron chi connectivity index (χ1n) is 10.1. The number of hydrogen-bond donors (Lipinski definition) is 1. The van der Waals surface area contributed by atoms with Crippen molar-refractivity contribution in [3.63, 3.8) is 0 Å². The van der Waals surface area contributed by atoms with Crippen LogP contribution in [0, 0.1) is 10.1 Å². The third kappa shape index (κ3) is 6.44. The van der Waals surface area contributed by atoms with E-state index in [9.17, 15) is 18.5 Å². The molecule has 172 valence electrons. The van der Waals surface area contributed by atoms with Crippen molar-refractivity contribution in [2.24, 2.45) is 0 Å². The van der Waals surface area contributed by atoms with E-state index in [2.05, 4.69) is 4.72 Å². The van der Waals surface area contributed by atoms with E-state index in [1.807, 2.05) is 44.2 Å². The van der Waals surface area contributed by atoms with Crippen molar-refractivity contribution < 1.29 is 27.6 Å². The van der Waals surface area contributed by atoms with Gasteiger partial charge in [-0.15, -0.1) is 0 Å². The Balaban J connectivity index is 1.77. The van der Waals surface area contributed by atoms with Crippen LogP contribution in [0.5, 0.6) is 0 Å². The molecule has 1 N–H and O–H groups in total. The van der Waals surface area contributed by atoms with Gasteiger partial charge in [0.1, 0.15) is 6.10 Å². The molecular formula is C22H26N2O7S. The molecule has 10 heteroatoms. The molecule has 0 unspecified atom stereocenters. The molecule has 1 heterocycles. The van der Waals surface area contributed by atoms with Crippen molar-refractivity contribution in [2.75, 3.05) is 6.61 Å². The molecule has 32 heavy (non-hydrogen) atoms. The molecular weight excluding hydrogens is 436 g/mol. The first-order valence-corrected chi connectivity index (χ1v) is 11.6. The summed E-state index contributed by atoms with van der Waals surface area (Å²) in [6.45, 7) is 4.13. The minimum Gasteiger partial charge on any atom is -0.374 e. The molecule has 0 saturated carbocycles. The summed E-state index contributed by atoms with van der Waals surface area (Å²) in [5.41, 5.74) is 0.462. The number of nitrogens with zero attached hydrogens (tertiary/aromatic N) is 1. The van der Waals surface area contributed by atoms with Crippen LogP contribution in [-0.4, -0.2) is 44.5 Å². The van der Waals surface area contributed by atoms with Crippen LogP contribution >= 0.6 is 0 Å². The molecule has 3 atom stereocenters. The van der Waals surface area contributed by atoms with E-state index in [0.29, 0.717) is 6.61 Å². The molecule has 1 aliphatic heterocycles. The number of nitro groups is 1. The molecule has 3 rings (SSSR count). The maximum absolute atomic E-state index is 12.9. The molecule has 2 aromatic rings. The van der Waals surface area contributed by atoms with Crippen molar-refractivity contribution in [2.45, 2.75) is 49.9 Å². The minimum atomic E-state index is -4.21. The van der Waals surface area contributed by atoms with Crippen molar-refractivity contribution in [1.29, 1.82) is 0 Å². The maximum Gasteiger partial charge on any atom is 0.289 e. The summed E-state index contributed by atoms with van der Waals surface area (Å²) in [5.74, 6) is 0. The first-order chi connectivity index (χ1) is 15.3. The van der Waals surface area contributed by atoms with E-state index in [-0.39, 0.29) is 12.7 Å². The number of para-hydroxylation sites is 1. The van der Waals surface area contributed by atoms with E-state index in [1.54, 1.807) is 12.2 Å². The average molecular weight is 463 g/mol. The van der Waals surface area contributed by atoms with Crippen molar-refractivity contribution in [3.05, 3.63) is 82.4 Å². The number of nitrogens with one attached hydrogen (secondary N) is 1. The van der Waals surface area contributed by atoms with Crippen molar-refractivity contribution >= 4 is 15.7 Å². The van der Waals surface area contributed by atoms with Crippen LogP contribution in [0.2, 0.25) is 0 Å². The number of benzene rings is 2. The molecule has 0 aromatic heterocycles. The Hall–Kier alpha value is -2.63. The smallest absolute Gasteiger partial charge is 0.289 e. The second-order valence-electron chi connectivity index (χ2n) is 7.49. The SMILES string of the molecule is CC(C)O[C@@H]1C=C[C@H](NS(=O)(=O)c2ccccc2[N+](=O)[O-])[C@@H](COCc2ccccc2)O1. The zero-order valence-corrected chi connectivity index (χ0v) is 18.6. The van der Waals surface area contributed by atoms with E-state index >= 15 is 0 Å². The fourth-order valence-electron chi connectivity index (χ4n) is 3.19. The molecule has 0 saturated heterocycles. The van der Waals surface area contributed by atoms with Crippen LogP contribution in [0.4, 0.5) is 5.69 Å². The van der Waals surface area contributed by atoms with Gasteiger partial charge in [0.25, 0.3) is 5.69 Å². The molecule has 0 amide bonds. The van der Waals surface area contributed by atoms with Gasteiger partial charge < -0.3 is 14.2 Å². The summed E-state index contributed by atoms with van der Waals surface area (Å²) in [6, 6.07) is 13.9. The van der Waals surface area contributed by atoms with Crippen LogP contribution in [0.25, 0.3) is 0 Å². The Kier molecular flexibility index (Phi) is 8.10. The van der Waals surface area contributed by atoms with Gasteiger partial charge in [-0.25, -0.2) is 13.1 Å². The Bertz CT molecular complexity index is 1040. The van der Waals surface area contributed by atoms with Crippen molar-refractivity contribution in [1.82, 2.24) is 4.72 Å². The third-order valence-electron chi connectivity index (χ3n) is 4.63. The fourth-order valence-corrected chi connectivity index (χ4v) is 4.58. The highest BCUT2D eigenvalue weighted by Crippen LogP contribution is 2.25. The number of rotatable bonds is 10. The Morgan fingerprint density at radius 1 is 1.09 bits per heavy atom. The lowest BCUT2D eigenvalue weighted by atomic mass is 10.1. The Morgan fingerprint density at radius 2 is 1.78 bits per heavy atom. The lowest BCUT2D eigenvalue weighted by molar-refractivity contribution is -0.387. The van der Waals surface area contributed by atoms with Crippen molar-refractivity contribution in [3.8, 4) is 0 Å². The lowest BCUT2D eigenvalue weighted by Gasteiger charge is -2.33. The minimum absolute atomic E-state index is 0.0846. The number of hydrogen-bond acceptors (Lipinski definition) is 7. The second-order valence-corrected chi connectivity index (χ2v) is 9.17. The van der Waals surface area contributed by atoms with E-state index in [0.717, 1.165) is 11.6 Å². The summed E-state index contributed by atoms with van der Waals surface area (Å²) in [6.07, 6.45) is 1.77. The average Bonchev–Trinajstić information content (AvgIpc) is 2.75. The van der Waals surface area contributed by atoms with E-state index in [4.69, 9.17) is 14.2 Å². The highest BCUT2D eigenvalue weighted by atomic mass is 32.2. The van der Waals surface area contributed by atoms with Crippen LogP contribution in [0.15, 0.2) is 71.6 Å². The van der Waals surface area contributed by atoms with Gasteiger partial charge in [-0.3, -0.25) is 10.1 Å². The molecule has 0 spiro atoms.